The molecular formula is C8H22NNaO3. The van der Waals surface area contributed by atoms with Crippen molar-refractivity contribution in [2.45, 2.75) is 45.4 Å². The fraction of sp³-hybridized carbons (Fsp3) is 1.00. The zero-order valence-electron chi connectivity index (χ0n) is 7.81. The van der Waals surface area contributed by atoms with E-state index in [1.54, 1.807) is 5.64 Å². The van der Waals surface area contributed by atoms with Crippen LogP contribution in [0.25, 0.3) is 0 Å². The molecule has 13 heavy (non-hydrogen) atoms. The summed E-state index contributed by atoms with van der Waals surface area (Å²) in [6.45, 7) is 2.81. The summed E-state index contributed by atoms with van der Waals surface area (Å²) in [5.74, 6) is 0. The van der Waals surface area contributed by atoms with Crippen molar-refractivity contribution >= 4 is 29.6 Å². The van der Waals surface area contributed by atoms with Crippen LogP contribution < -0.4 is 5.64 Å². The van der Waals surface area contributed by atoms with Crippen LogP contribution in [0, 0.1) is 0 Å². The van der Waals surface area contributed by atoms with E-state index in [0.717, 1.165) is 6.42 Å². The SMILES string of the molecule is CCCCCCCCONO.O.[NaH]. The molecule has 0 fully saturated rings. The number of unbranched alkanes of at least 4 members (excludes halogenated alkanes) is 5. The Morgan fingerprint density at radius 1 is 1.08 bits per heavy atom. The van der Waals surface area contributed by atoms with Crippen LogP contribution in [-0.4, -0.2) is 46.8 Å². The van der Waals surface area contributed by atoms with E-state index < -0.39 is 0 Å². The average Bonchev–Trinajstić information content (AvgIpc) is 2.03. The number of hydrogen-bond acceptors (Lipinski definition) is 3. The second-order valence-electron chi connectivity index (χ2n) is 2.71. The molecule has 4 N–H and O–H groups in total. The predicted octanol–water partition coefficient (Wildman–Crippen LogP) is 0.784. The van der Waals surface area contributed by atoms with E-state index in [9.17, 15) is 0 Å². The van der Waals surface area contributed by atoms with Gasteiger partial charge < -0.3 is 5.48 Å². The quantitative estimate of drug-likeness (QED) is 0.348. The average molecular weight is 203 g/mol. The van der Waals surface area contributed by atoms with Gasteiger partial charge in [-0.3, -0.25) is 10.0 Å². The van der Waals surface area contributed by atoms with E-state index >= 15 is 0 Å². The molecule has 0 aliphatic rings. The Balaban J connectivity index is -0.000000500. The standard InChI is InChI=1S/C8H19NO2.Na.H2O.H/c1-2-3-4-5-6-7-8-11-9-10;;;/h9-10H,2-8H2,1H3;;1H2;. The Morgan fingerprint density at radius 2 is 1.62 bits per heavy atom. The zero-order valence-corrected chi connectivity index (χ0v) is 7.81. The molecule has 0 heterocycles. The van der Waals surface area contributed by atoms with Gasteiger partial charge in [0.25, 0.3) is 0 Å². The maximum atomic E-state index is 8.03. The Kier molecular flexibility index (Phi) is 27.8. The van der Waals surface area contributed by atoms with Gasteiger partial charge in [-0.05, 0) is 6.42 Å². The minimum absolute atomic E-state index is 0. The van der Waals surface area contributed by atoms with E-state index in [4.69, 9.17) is 5.21 Å². The topological polar surface area (TPSA) is 73.0 Å². The molecule has 78 valence electrons. The summed E-state index contributed by atoms with van der Waals surface area (Å²) in [7, 11) is 0. The molecule has 0 aliphatic carbocycles. The fourth-order valence-corrected chi connectivity index (χ4v) is 1.00. The van der Waals surface area contributed by atoms with Gasteiger partial charge in [0.15, 0.2) is 0 Å². The van der Waals surface area contributed by atoms with Crippen molar-refractivity contribution in [2.24, 2.45) is 0 Å². The third-order valence-corrected chi connectivity index (χ3v) is 1.66. The van der Waals surface area contributed by atoms with Gasteiger partial charge in [0.1, 0.15) is 0 Å². The predicted molar refractivity (Wildman–Crippen MR) is 55.0 cm³/mol. The molecule has 0 amide bonds. The van der Waals surface area contributed by atoms with Crippen LogP contribution in [-0.2, 0) is 4.84 Å². The summed E-state index contributed by atoms with van der Waals surface area (Å²) >= 11 is 0. The molecule has 0 bridgehead atoms. The molecule has 0 rings (SSSR count). The first-order valence-corrected chi connectivity index (χ1v) is 4.42. The normalized spacial score (nSPS) is 8.77. The molecule has 4 nitrogen and oxygen atoms in total. The molecule has 0 aromatic heterocycles. The molecule has 0 aromatic carbocycles. The molecule has 0 saturated heterocycles. The summed E-state index contributed by atoms with van der Waals surface area (Å²) < 4.78 is 0. The summed E-state index contributed by atoms with van der Waals surface area (Å²) in [5, 5.41) is 8.03. The van der Waals surface area contributed by atoms with Crippen LogP contribution in [0.5, 0.6) is 0 Å². The zero-order chi connectivity index (χ0) is 8.36. The second-order valence-corrected chi connectivity index (χ2v) is 2.71. The number of rotatable bonds is 8. The van der Waals surface area contributed by atoms with Gasteiger partial charge >= 0.3 is 29.6 Å². The van der Waals surface area contributed by atoms with E-state index in [0.29, 0.717) is 6.61 Å². The molecule has 0 unspecified atom stereocenters. The van der Waals surface area contributed by atoms with Crippen molar-refractivity contribution in [3.63, 3.8) is 0 Å². The van der Waals surface area contributed by atoms with Crippen LogP contribution in [0.1, 0.15) is 45.4 Å². The van der Waals surface area contributed by atoms with Crippen molar-refractivity contribution in [3.8, 4) is 0 Å². The molecule has 0 aromatic rings. The van der Waals surface area contributed by atoms with E-state index in [-0.39, 0.29) is 35.0 Å². The first-order chi connectivity index (χ1) is 5.41. The van der Waals surface area contributed by atoms with Crippen molar-refractivity contribution in [1.29, 1.82) is 0 Å². The van der Waals surface area contributed by atoms with Gasteiger partial charge in [0.2, 0.25) is 0 Å². The summed E-state index contributed by atoms with van der Waals surface area (Å²) in [6, 6.07) is 0. The van der Waals surface area contributed by atoms with E-state index in [2.05, 4.69) is 11.8 Å². The van der Waals surface area contributed by atoms with Crippen LogP contribution in [0.15, 0.2) is 0 Å². The third-order valence-electron chi connectivity index (χ3n) is 1.66. The van der Waals surface area contributed by atoms with Gasteiger partial charge in [-0.2, -0.15) is 0 Å². The van der Waals surface area contributed by atoms with E-state index in [1.807, 2.05) is 0 Å². The Morgan fingerprint density at radius 3 is 2.15 bits per heavy atom. The van der Waals surface area contributed by atoms with Gasteiger partial charge in [-0.25, -0.2) is 0 Å². The first-order valence-electron chi connectivity index (χ1n) is 4.42. The van der Waals surface area contributed by atoms with Crippen LogP contribution in [0.2, 0.25) is 0 Å². The Hall–Kier alpha value is 0.840. The molecule has 5 heteroatoms. The van der Waals surface area contributed by atoms with Gasteiger partial charge in [0.05, 0.1) is 6.61 Å². The second kappa shape index (κ2) is 18.6. The molecule has 0 radical (unpaired) electrons. The van der Waals surface area contributed by atoms with Crippen LogP contribution in [0.4, 0.5) is 0 Å². The van der Waals surface area contributed by atoms with Crippen molar-refractivity contribution in [3.05, 3.63) is 0 Å². The summed E-state index contributed by atoms with van der Waals surface area (Å²) in [6.07, 6.45) is 7.44. The monoisotopic (exact) mass is 203 g/mol. The van der Waals surface area contributed by atoms with Crippen molar-refractivity contribution in [2.75, 3.05) is 6.61 Å². The van der Waals surface area contributed by atoms with E-state index in [1.165, 1.54) is 32.1 Å². The first kappa shape index (κ1) is 19.4. The molecule has 0 aliphatic heterocycles. The Labute approximate surface area is 103 Å². The summed E-state index contributed by atoms with van der Waals surface area (Å²) in [5.41, 5.74) is 1.67. The van der Waals surface area contributed by atoms with Gasteiger partial charge in [0, 0.05) is 0 Å². The Bertz CT molecular complexity index is 68.4. The minimum atomic E-state index is 0. The molecule has 0 saturated carbocycles. The molecule has 0 spiro atoms. The van der Waals surface area contributed by atoms with Gasteiger partial charge in [-0.1, -0.05) is 44.7 Å². The number of hydrogen-bond donors (Lipinski definition) is 2. The number of nitrogens with one attached hydrogen (secondary N) is 1. The third kappa shape index (κ3) is 19.3. The van der Waals surface area contributed by atoms with Crippen LogP contribution >= 0.6 is 0 Å². The van der Waals surface area contributed by atoms with Gasteiger partial charge in [-0.15, -0.1) is 0 Å². The van der Waals surface area contributed by atoms with Crippen molar-refractivity contribution in [1.82, 2.24) is 5.64 Å². The fourth-order valence-electron chi connectivity index (χ4n) is 1.00. The van der Waals surface area contributed by atoms with Crippen molar-refractivity contribution < 1.29 is 15.5 Å². The summed E-state index contributed by atoms with van der Waals surface area (Å²) in [4.78, 5) is 4.55. The maximum absolute atomic E-state index is 8.03. The van der Waals surface area contributed by atoms with Crippen LogP contribution in [0.3, 0.4) is 0 Å². The molecular weight excluding hydrogens is 181 g/mol. The molecule has 0 atom stereocenters.